The summed E-state index contributed by atoms with van der Waals surface area (Å²) in [5, 5.41) is 2.88. The molecule has 1 N–H and O–H groups in total. The zero-order valence-corrected chi connectivity index (χ0v) is 14.8. The summed E-state index contributed by atoms with van der Waals surface area (Å²) in [7, 11) is -3.53. The molecule has 0 heterocycles. The van der Waals surface area contributed by atoms with Gasteiger partial charge in [0, 0.05) is 6.04 Å². The highest BCUT2D eigenvalue weighted by Crippen LogP contribution is 2.23. The van der Waals surface area contributed by atoms with Gasteiger partial charge in [0.1, 0.15) is 6.54 Å². The SMILES string of the molecule is CCC(CC)NC(=O)CN(c1cc(C)ccc1C)S(C)(=O)=O. The number of nitrogens with zero attached hydrogens (tertiary/aromatic N) is 1. The predicted molar refractivity (Wildman–Crippen MR) is 90.6 cm³/mol. The number of rotatable bonds is 7. The van der Waals surface area contributed by atoms with Crippen molar-refractivity contribution in [2.24, 2.45) is 0 Å². The molecule has 124 valence electrons. The lowest BCUT2D eigenvalue weighted by atomic mass is 10.1. The van der Waals surface area contributed by atoms with Crippen molar-refractivity contribution in [1.29, 1.82) is 0 Å². The quantitative estimate of drug-likeness (QED) is 0.836. The maximum atomic E-state index is 12.2. The van der Waals surface area contributed by atoms with Gasteiger partial charge >= 0.3 is 0 Å². The molecule has 5 nitrogen and oxygen atoms in total. The van der Waals surface area contributed by atoms with E-state index in [1.807, 2.05) is 39.8 Å². The van der Waals surface area contributed by atoms with Crippen LogP contribution in [0.5, 0.6) is 0 Å². The molecular weight excluding hydrogens is 300 g/mol. The number of benzene rings is 1. The average molecular weight is 326 g/mol. The third-order valence-electron chi connectivity index (χ3n) is 3.67. The number of carbonyl (C=O) groups excluding carboxylic acids is 1. The summed E-state index contributed by atoms with van der Waals surface area (Å²) in [5.41, 5.74) is 2.34. The van der Waals surface area contributed by atoms with Crippen molar-refractivity contribution in [3.8, 4) is 0 Å². The molecule has 0 atom stereocenters. The predicted octanol–water partition coefficient (Wildman–Crippen LogP) is 2.37. The number of hydrogen-bond acceptors (Lipinski definition) is 3. The van der Waals surface area contributed by atoms with Crippen molar-refractivity contribution < 1.29 is 13.2 Å². The molecule has 0 aliphatic rings. The van der Waals surface area contributed by atoms with Crippen LogP contribution in [0.2, 0.25) is 0 Å². The van der Waals surface area contributed by atoms with Crippen molar-refractivity contribution >= 4 is 21.6 Å². The molecule has 1 aromatic carbocycles. The summed E-state index contributed by atoms with van der Waals surface area (Å²) >= 11 is 0. The molecule has 0 bridgehead atoms. The van der Waals surface area contributed by atoms with Crippen molar-refractivity contribution in [2.75, 3.05) is 17.1 Å². The number of sulfonamides is 1. The van der Waals surface area contributed by atoms with Crippen molar-refractivity contribution in [3.05, 3.63) is 29.3 Å². The summed E-state index contributed by atoms with van der Waals surface area (Å²) in [5.74, 6) is -0.278. The normalized spacial score (nSPS) is 11.5. The molecule has 0 saturated carbocycles. The summed E-state index contributed by atoms with van der Waals surface area (Å²) < 4.78 is 25.4. The number of carbonyl (C=O) groups is 1. The van der Waals surface area contributed by atoms with Crippen LogP contribution in [0.4, 0.5) is 5.69 Å². The number of amides is 1. The first-order valence-corrected chi connectivity index (χ1v) is 9.38. The van der Waals surface area contributed by atoms with Gasteiger partial charge in [-0.1, -0.05) is 26.0 Å². The first-order chi connectivity index (χ1) is 10.2. The van der Waals surface area contributed by atoms with E-state index in [1.54, 1.807) is 6.07 Å². The summed E-state index contributed by atoms with van der Waals surface area (Å²) in [4.78, 5) is 12.2. The standard InChI is InChI=1S/C16H26N2O3S/c1-6-14(7-2)17-16(19)11-18(22(5,20)21)15-10-12(3)8-9-13(15)4/h8-10,14H,6-7,11H2,1-5H3,(H,17,19). The molecule has 6 heteroatoms. The molecule has 1 rings (SSSR count). The summed E-state index contributed by atoms with van der Waals surface area (Å²) in [6.45, 7) is 7.53. The van der Waals surface area contributed by atoms with E-state index in [0.717, 1.165) is 30.2 Å². The molecule has 0 aromatic heterocycles. The van der Waals surface area contributed by atoms with Gasteiger partial charge in [-0.25, -0.2) is 8.42 Å². The molecule has 0 aliphatic carbocycles. The van der Waals surface area contributed by atoms with E-state index in [1.165, 1.54) is 4.31 Å². The van der Waals surface area contributed by atoms with Crippen LogP contribution in [0.3, 0.4) is 0 Å². The second kappa shape index (κ2) is 7.63. The van der Waals surface area contributed by atoms with E-state index in [9.17, 15) is 13.2 Å². The number of aryl methyl sites for hydroxylation is 2. The molecule has 1 aromatic rings. The molecule has 0 unspecified atom stereocenters. The maximum absolute atomic E-state index is 12.2. The van der Waals surface area contributed by atoms with Gasteiger partial charge in [-0.15, -0.1) is 0 Å². The van der Waals surface area contributed by atoms with Gasteiger partial charge in [0.25, 0.3) is 0 Å². The Hall–Kier alpha value is -1.56. The van der Waals surface area contributed by atoms with Gasteiger partial charge in [0.15, 0.2) is 0 Å². The molecule has 0 fully saturated rings. The van der Waals surface area contributed by atoms with Crippen LogP contribution >= 0.6 is 0 Å². The second-order valence-corrected chi connectivity index (χ2v) is 7.55. The molecule has 1 amide bonds. The van der Waals surface area contributed by atoms with E-state index in [0.29, 0.717) is 5.69 Å². The zero-order valence-electron chi connectivity index (χ0n) is 14.0. The largest absolute Gasteiger partial charge is 0.352 e. The molecule has 0 aliphatic heterocycles. The Morgan fingerprint density at radius 1 is 1.23 bits per heavy atom. The minimum Gasteiger partial charge on any atom is -0.352 e. The first kappa shape index (κ1) is 18.5. The fourth-order valence-electron chi connectivity index (χ4n) is 2.27. The van der Waals surface area contributed by atoms with E-state index in [2.05, 4.69) is 5.32 Å². The topological polar surface area (TPSA) is 66.5 Å². The zero-order chi connectivity index (χ0) is 16.9. The van der Waals surface area contributed by atoms with Crippen LogP contribution < -0.4 is 9.62 Å². The molecule has 0 spiro atoms. The van der Waals surface area contributed by atoms with Gasteiger partial charge in [0.2, 0.25) is 15.9 Å². The monoisotopic (exact) mass is 326 g/mol. The maximum Gasteiger partial charge on any atom is 0.240 e. The summed E-state index contributed by atoms with van der Waals surface area (Å²) in [6, 6.07) is 5.65. The Bertz CT molecular complexity index is 622. The minimum absolute atomic E-state index is 0.0764. The molecular formula is C16H26N2O3S. The highest BCUT2D eigenvalue weighted by Gasteiger charge is 2.23. The van der Waals surface area contributed by atoms with E-state index >= 15 is 0 Å². The van der Waals surface area contributed by atoms with Crippen molar-refractivity contribution in [2.45, 2.75) is 46.6 Å². The second-order valence-electron chi connectivity index (χ2n) is 5.64. The number of hydrogen-bond donors (Lipinski definition) is 1. The Labute approximate surface area is 133 Å². The molecule has 0 saturated heterocycles. The Kier molecular flexibility index (Phi) is 6.41. The molecule has 22 heavy (non-hydrogen) atoms. The van der Waals surface area contributed by atoms with Gasteiger partial charge in [-0.2, -0.15) is 0 Å². The fraction of sp³-hybridized carbons (Fsp3) is 0.562. The lowest BCUT2D eigenvalue weighted by molar-refractivity contribution is -0.120. The van der Waals surface area contributed by atoms with Gasteiger partial charge in [-0.05, 0) is 43.9 Å². The van der Waals surface area contributed by atoms with Crippen LogP contribution in [-0.4, -0.2) is 33.2 Å². The summed E-state index contributed by atoms with van der Waals surface area (Å²) in [6.07, 6.45) is 2.77. The molecule has 0 radical (unpaired) electrons. The van der Waals surface area contributed by atoms with Gasteiger partial charge in [0.05, 0.1) is 11.9 Å². The van der Waals surface area contributed by atoms with Crippen molar-refractivity contribution in [3.63, 3.8) is 0 Å². The van der Waals surface area contributed by atoms with Crippen LogP contribution in [0.15, 0.2) is 18.2 Å². The Balaban J connectivity index is 3.06. The highest BCUT2D eigenvalue weighted by atomic mass is 32.2. The Morgan fingerprint density at radius 2 is 1.82 bits per heavy atom. The Morgan fingerprint density at radius 3 is 2.32 bits per heavy atom. The lowest BCUT2D eigenvalue weighted by Gasteiger charge is -2.25. The van der Waals surface area contributed by atoms with Crippen LogP contribution in [0.25, 0.3) is 0 Å². The smallest absolute Gasteiger partial charge is 0.240 e. The third kappa shape index (κ3) is 5.02. The first-order valence-electron chi connectivity index (χ1n) is 7.53. The third-order valence-corrected chi connectivity index (χ3v) is 4.80. The van der Waals surface area contributed by atoms with Crippen LogP contribution in [0, 0.1) is 13.8 Å². The van der Waals surface area contributed by atoms with Gasteiger partial charge < -0.3 is 5.32 Å². The van der Waals surface area contributed by atoms with Crippen molar-refractivity contribution in [1.82, 2.24) is 5.32 Å². The fourth-order valence-corrected chi connectivity index (χ4v) is 3.17. The van der Waals surface area contributed by atoms with E-state index < -0.39 is 10.0 Å². The average Bonchev–Trinajstić information content (AvgIpc) is 2.44. The van der Waals surface area contributed by atoms with Crippen LogP contribution in [0.1, 0.15) is 37.8 Å². The van der Waals surface area contributed by atoms with Gasteiger partial charge in [-0.3, -0.25) is 9.10 Å². The van der Waals surface area contributed by atoms with E-state index in [4.69, 9.17) is 0 Å². The number of anilines is 1. The highest BCUT2D eigenvalue weighted by molar-refractivity contribution is 7.92. The number of nitrogens with one attached hydrogen (secondary N) is 1. The van der Waals surface area contributed by atoms with Crippen LogP contribution in [-0.2, 0) is 14.8 Å². The van der Waals surface area contributed by atoms with E-state index in [-0.39, 0.29) is 18.5 Å². The minimum atomic E-state index is -3.53. The lowest BCUT2D eigenvalue weighted by Crippen LogP contribution is -2.44.